The first-order valence-corrected chi connectivity index (χ1v) is 2.77. The summed E-state index contributed by atoms with van der Waals surface area (Å²) in [5, 5.41) is 2.89. The van der Waals surface area contributed by atoms with Gasteiger partial charge < -0.3 is 14.8 Å². The maximum atomic E-state index is 4.78. The quantitative estimate of drug-likeness (QED) is 0.439. The van der Waals surface area contributed by atoms with Gasteiger partial charge in [0.05, 0.1) is 13.7 Å². The highest BCUT2D eigenvalue weighted by Gasteiger charge is 1.86. The summed E-state index contributed by atoms with van der Waals surface area (Å²) in [6.45, 7) is 4.96. The largest absolute Gasteiger partial charge is 0.483 e. The van der Waals surface area contributed by atoms with E-state index in [0.717, 1.165) is 6.54 Å². The SMILES string of the molecule is C=C(NCCOC)OC.[HH]. The monoisotopic (exact) mass is 133 g/mol. The van der Waals surface area contributed by atoms with Crippen molar-refractivity contribution in [3.05, 3.63) is 12.5 Å². The standard InChI is InChI=1S/C6H13NO2.H2/c1-6(9-3)7-4-5-8-2;/h7H,1,4-5H2,2-3H3;1H. The predicted octanol–water partition coefficient (Wildman–Crippen LogP) is 0.586. The minimum atomic E-state index is 0. The smallest absolute Gasteiger partial charge is 0.178 e. The van der Waals surface area contributed by atoms with E-state index in [9.17, 15) is 0 Å². The molecule has 0 saturated heterocycles. The van der Waals surface area contributed by atoms with Crippen molar-refractivity contribution in [2.45, 2.75) is 0 Å². The van der Waals surface area contributed by atoms with Crippen molar-refractivity contribution in [2.75, 3.05) is 27.4 Å². The predicted molar refractivity (Wildman–Crippen MR) is 38.1 cm³/mol. The van der Waals surface area contributed by atoms with Crippen molar-refractivity contribution >= 4 is 0 Å². The van der Waals surface area contributed by atoms with Crippen LogP contribution in [0.2, 0.25) is 0 Å². The fourth-order valence-electron chi connectivity index (χ4n) is 0.365. The van der Waals surface area contributed by atoms with Crippen molar-refractivity contribution in [1.82, 2.24) is 5.32 Å². The van der Waals surface area contributed by atoms with Gasteiger partial charge in [0.2, 0.25) is 0 Å². The van der Waals surface area contributed by atoms with Crippen LogP contribution in [0.1, 0.15) is 1.43 Å². The van der Waals surface area contributed by atoms with E-state index < -0.39 is 0 Å². The minimum Gasteiger partial charge on any atom is -0.483 e. The number of methoxy groups -OCH3 is 2. The average molecular weight is 133 g/mol. The van der Waals surface area contributed by atoms with Crippen LogP contribution in [-0.4, -0.2) is 27.4 Å². The van der Waals surface area contributed by atoms with Crippen LogP contribution in [0.15, 0.2) is 12.5 Å². The molecule has 56 valence electrons. The van der Waals surface area contributed by atoms with Gasteiger partial charge in [-0.25, -0.2) is 0 Å². The molecule has 0 aliphatic heterocycles. The van der Waals surface area contributed by atoms with Crippen LogP contribution >= 0.6 is 0 Å². The van der Waals surface area contributed by atoms with E-state index in [2.05, 4.69) is 11.9 Å². The van der Waals surface area contributed by atoms with E-state index in [4.69, 9.17) is 9.47 Å². The molecule has 0 heterocycles. The van der Waals surface area contributed by atoms with Crippen LogP contribution in [-0.2, 0) is 9.47 Å². The first-order chi connectivity index (χ1) is 4.31. The number of ether oxygens (including phenoxy) is 2. The molecule has 9 heavy (non-hydrogen) atoms. The molecule has 0 radical (unpaired) electrons. The fourth-order valence-corrected chi connectivity index (χ4v) is 0.365. The van der Waals surface area contributed by atoms with Crippen molar-refractivity contribution in [3.63, 3.8) is 0 Å². The summed E-state index contributed by atoms with van der Waals surface area (Å²) >= 11 is 0. The van der Waals surface area contributed by atoms with Gasteiger partial charge in [0.1, 0.15) is 0 Å². The molecule has 0 aromatic carbocycles. The van der Waals surface area contributed by atoms with Gasteiger partial charge in [0.15, 0.2) is 5.88 Å². The first-order valence-electron chi connectivity index (χ1n) is 2.77. The third-order valence-corrected chi connectivity index (χ3v) is 0.875. The van der Waals surface area contributed by atoms with Crippen molar-refractivity contribution < 1.29 is 10.9 Å². The molecule has 0 aromatic heterocycles. The zero-order chi connectivity index (χ0) is 7.11. The van der Waals surface area contributed by atoms with Crippen molar-refractivity contribution in [2.24, 2.45) is 0 Å². The second kappa shape index (κ2) is 5.44. The lowest BCUT2D eigenvalue weighted by atomic mass is 10.7. The normalized spacial score (nSPS) is 8.67. The maximum absolute atomic E-state index is 4.78. The first kappa shape index (κ1) is 8.30. The van der Waals surface area contributed by atoms with Gasteiger partial charge >= 0.3 is 0 Å². The Morgan fingerprint density at radius 1 is 1.67 bits per heavy atom. The third kappa shape index (κ3) is 5.17. The Morgan fingerprint density at radius 3 is 2.78 bits per heavy atom. The van der Waals surface area contributed by atoms with Crippen LogP contribution in [0.4, 0.5) is 0 Å². The zero-order valence-electron chi connectivity index (χ0n) is 5.94. The second-order valence-electron chi connectivity index (χ2n) is 1.55. The summed E-state index contributed by atoms with van der Waals surface area (Å²) in [4.78, 5) is 0. The van der Waals surface area contributed by atoms with E-state index in [0.29, 0.717) is 12.5 Å². The Balaban J connectivity index is 0. The summed E-state index contributed by atoms with van der Waals surface area (Å²) in [5.74, 6) is 0.576. The highest BCUT2D eigenvalue weighted by molar-refractivity contribution is 4.76. The molecule has 0 aromatic rings. The molecule has 3 heteroatoms. The zero-order valence-corrected chi connectivity index (χ0v) is 5.94. The molecule has 3 nitrogen and oxygen atoms in total. The van der Waals surface area contributed by atoms with Crippen LogP contribution in [0, 0.1) is 0 Å². The molecule has 0 rings (SSSR count). The van der Waals surface area contributed by atoms with E-state index >= 15 is 0 Å². The number of hydrogen-bond acceptors (Lipinski definition) is 3. The highest BCUT2D eigenvalue weighted by Crippen LogP contribution is 1.80. The third-order valence-electron chi connectivity index (χ3n) is 0.875. The van der Waals surface area contributed by atoms with Crippen molar-refractivity contribution in [3.8, 4) is 0 Å². The Hall–Kier alpha value is -0.700. The van der Waals surface area contributed by atoms with Gasteiger partial charge in [-0.05, 0) is 6.58 Å². The lowest BCUT2D eigenvalue weighted by Gasteiger charge is -2.05. The highest BCUT2D eigenvalue weighted by atomic mass is 16.5. The summed E-state index contributed by atoms with van der Waals surface area (Å²) < 4.78 is 9.51. The maximum Gasteiger partial charge on any atom is 0.178 e. The van der Waals surface area contributed by atoms with Crippen LogP contribution < -0.4 is 5.32 Å². The van der Waals surface area contributed by atoms with E-state index in [-0.39, 0.29) is 1.43 Å². The minimum absolute atomic E-state index is 0. The molecule has 0 saturated carbocycles. The Morgan fingerprint density at radius 2 is 2.33 bits per heavy atom. The van der Waals surface area contributed by atoms with Gasteiger partial charge in [-0.2, -0.15) is 0 Å². The molecule has 0 aliphatic carbocycles. The molecule has 0 fully saturated rings. The summed E-state index contributed by atoms with van der Waals surface area (Å²) in [6.07, 6.45) is 0. The summed E-state index contributed by atoms with van der Waals surface area (Å²) in [6, 6.07) is 0. The molecular formula is C6H15NO2. The number of rotatable bonds is 5. The molecule has 0 atom stereocenters. The van der Waals surface area contributed by atoms with Gasteiger partial charge in [-0.3, -0.25) is 0 Å². The van der Waals surface area contributed by atoms with Gasteiger partial charge in [-0.15, -0.1) is 0 Å². The van der Waals surface area contributed by atoms with Crippen LogP contribution in [0.5, 0.6) is 0 Å². The van der Waals surface area contributed by atoms with Crippen molar-refractivity contribution in [1.29, 1.82) is 0 Å². The Labute approximate surface area is 57.1 Å². The van der Waals surface area contributed by atoms with E-state index in [1.54, 1.807) is 14.2 Å². The molecular weight excluding hydrogens is 118 g/mol. The number of nitrogens with one attached hydrogen (secondary N) is 1. The number of hydrogen-bond donors (Lipinski definition) is 1. The topological polar surface area (TPSA) is 30.5 Å². The molecule has 0 amide bonds. The van der Waals surface area contributed by atoms with E-state index in [1.807, 2.05) is 0 Å². The second-order valence-corrected chi connectivity index (χ2v) is 1.55. The Bertz CT molecular complexity index is 87.8. The molecule has 0 aliphatic rings. The lowest BCUT2D eigenvalue weighted by Crippen LogP contribution is -2.18. The lowest BCUT2D eigenvalue weighted by molar-refractivity contribution is 0.189. The van der Waals surface area contributed by atoms with Gasteiger partial charge in [0.25, 0.3) is 0 Å². The molecule has 0 unspecified atom stereocenters. The van der Waals surface area contributed by atoms with Crippen LogP contribution in [0.25, 0.3) is 0 Å². The average Bonchev–Trinajstić information content (AvgIpc) is 1.89. The van der Waals surface area contributed by atoms with Gasteiger partial charge in [-0.1, -0.05) is 0 Å². The fraction of sp³-hybridized carbons (Fsp3) is 0.667. The van der Waals surface area contributed by atoms with Crippen LogP contribution in [0.3, 0.4) is 0 Å². The molecule has 0 spiro atoms. The summed E-state index contributed by atoms with van der Waals surface area (Å²) in [7, 11) is 3.22. The van der Waals surface area contributed by atoms with E-state index in [1.165, 1.54) is 0 Å². The van der Waals surface area contributed by atoms with Gasteiger partial charge in [0, 0.05) is 15.1 Å². The molecule has 1 N–H and O–H groups in total. The Kier molecular flexibility index (Phi) is 5.01. The molecule has 0 bridgehead atoms. The summed E-state index contributed by atoms with van der Waals surface area (Å²) in [5.41, 5.74) is 0.